The van der Waals surface area contributed by atoms with E-state index in [0.29, 0.717) is 5.66 Å². The predicted molar refractivity (Wildman–Crippen MR) is 97.9 cm³/mol. The Hall–Kier alpha value is 0.340. The van der Waals surface area contributed by atoms with Crippen LogP contribution in [0.1, 0.15) is 47.1 Å². The summed E-state index contributed by atoms with van der Waals surface area (Å²) in [5.41, 5.74) is 1.67. The van der Waals surface area contributed by atoms with E-state index in [2.05, 4.69) is 71.9 Å². The van der Waals surface area contributed by atoms with Crippen LogP contribution in [0, 0.1) is 5.41 Å². The summed E-state index contributed by atoms with van der Waals surface area (Å²) in [7, 11) is -1.04. The maximum atomic E-state index is 11.1. The van der Waals surface area contributed by atoms with Crippen LogP contribution >= 0.6 is 7.26 Å². The lowest BCUT2D eigenvalue weighted by atomic mass is 9.79. The molecule has 2 atom stereocenters. The van der Waals surface area contributed by atoms with Crippen molar-refractivity contribution in [1.29, 1.82) is 0 Å². The van der Waals surface area contributed by atoms with Gasteiger partial charge in [-0.2, -0.15) is 0 Å². The molecule has 0 aromatic heterocycles. The molecule has 1 aromatic rings. The highest BCUT2D eigenvalue weighted by Crippen LogP contribution is 2.64. The molecule has 22 heavy (non-hydrogen) atoms. The molecular formula is C19H34IOP. The standard InChI is InChI=1S/C19H34OP.HI/c1-7-21(8-2,9-3)16(4)18(20)19(5,6)15-17-13-11-10-12-14-17;/h10-14,16,18,20H,7-9,15H2,1-6H3;1H/q+1;/p-1/t16-,18-;/m1./s1. The maximum absolute atomic E-state index is 11.1. The summed E-state index contributed by atoms with van der Waals surface area (Å²) >= 11 is 0. The number of aliphatic hydroxyl groups excluding tert-OH is 1. The molecule has 1 aromatic carbocycles. The first-order valence-electron chi connectivity index (χ1n) is 8.40. The molecule has 1 rings (SSSR count). The van der Waals surface area contributed by atoms with Gasteiger partial charge in [0.15, 0.2) is 0 Å². The van der Waals surface area contributed by atoms with Crippen LogP contribution in [0.25, 0.3) is 0 Å². The molecule has 0 aliphatic rings. The molecule has 0 heterocycles. The molecule has 1 nitrogen and oxygen atoms in total. The van der Waals surface area contributed by atoms with Gasteiger partial charge in [0, 0.05) is 7.26 Å². The number of halogens is 1. The summed E-state index contributed by atoms with van der Waals surface area (Å²) in [6, 6.07) is 10.6. The Kier molecular flexibility index (Phi) is 9.74. The molecule has 3 heteroatoms. The number of benzene rings is 1. The van der Waals surface area contributed by atoms with Crippen LogP contribution in [0.3, 0.4) is 0 Å². The van der Waals surface area contributed by atoms with E-state index in [1.807, 2.05) is 0 Å². The Morgan fingerprint density at radius 1 is 1.00 bits per heavy atom. The minimum atomic E-state index is -1.04. The quantitative estimate of drug-likeness (QED) is 0.489. The summed E-state index contributed by atoms with van der Waals surface area (Å²) in [5, 5.41) is 11.1. The van der Waals surface area contributed by atoms with Crippen LogP contribution in [-0.2, 0) is 6.42 Å². The Balaban J connectivity index is 0.00000441. The molecule has 0 aliphatic carbocycles. The van der Waals surface area contributed by atoms with Gasteiger partial charge in [-0.3, -0.25) is 0 Å². The van der Waals surface area contributed by atoms with Crippen molar-refractivity contribution in [2.75, 3.05) is 18.5 Å². The van der Waals surface area contributed by atoms with Crippen LogP contribution in [0.15, 0.2) is 30.3 Å². The summed E-state index contributed by atoms with van der Waals surface area (Å²) in [5.74, 6) is 0. The molecule has 0 saturated heterocycles. The summed E-state index contributed by atoms with van der Waals surface area (Å²) < 4.78 is 0. The van der Waals surface area contributed by atoms with Gasteiger partial charge < -0.3 is 29.1 Å². The van der Waals surface area contributed by atoms with Crippen molar-refractivity contribution in [3.8, 4) is 0 Å². The Morgan fingerprint density at radius 2 is 1.45 bits per heavy atom. The lowest BCUT2D eigenvalue weighted by Crippen LogP contribution is -3.00. The van der Waals surface area contributed by atoms with E-state index in [9.17, 15) is 5.11 Å². The Morgan fingerprint density at radius 3 is 1.86 bits per heavy atom. The molecular weight excluding hydrogens is 402 g/mol. The molecule has 0 bridgehead atoms. The highest BCUT2D eigenvalue weighted by atomic mass is 127. The lowest BCUT2D eigenvalue weighted by molar-refractivity contribution is -0.00000624. The van der Waals surface area contributed by atoms with Crippen molar-refractivity contribution in [3.63, 3.8) is 0 Å². The third-order valence-electron chi connectivity index (χ3n) is 5.51. The molecule has 0 radical (unpaired) electrons. The van der Waals surface area contributed by atoms with Gasteiger partial charge in [0.1, 0.15) is 0 Å². The zero-order chi connectivity index (χ0) is 16.1. The van der Waals surface area contributed by atoms with Gasteiger partial charge >= 0.3 is 0 Å². The van der Waals surface area contributed by atoms with E-state index in [0.717, 1.165) is 6.42 Å². The highest BCUT2D eigenvalue weighted by molar-refractivity contribution is 7.76. The van der Waals surface area contributed by atoms with Crippen LogP contribution in [0.2, 0.25) is 0 Å². The average Bonchev–Trinajstić information content (AvgIpc) is 2.49. The zero-order valence-corrected chi connectivity index (χ0v) is 18.2. The predicted octanol–water partition coefficient (Wildman–Crippen LogP) is 2.09. The highest BCUT2D eigenvalue weighted by Gasteiger charge is 2.46. The van der Waals surface area contributed by atoms with E-state index in [1.54, 1.807) is 0 Å². The second kappa shape index (κ2) is 9.59. The van der Waals surface area contributed by atoms with Crippen LogP contribution < -0.4 is 24.0 Å². The molecule has 0 aliphatic heterocycles. The molecule has 1 N–H and O–H groups in total. The Labute approximate surface area is 155 Å². The fraction of sp³-hybridized carbons (Fsp3) is 0.684. The SMILES string of the molecule is CC[P+](CC)(CC)[C@H](C)[C@@H](O)C(C)(C)Cc1ccccc1.[I-]. The third-order valence-corrected chi connectivity index (χ3v) is 11.3. The zero-order valence-electron chi connectivity index (χ0n) is 15.1. The van der Waals surface area contributed by atoms with Gasteiger partial charge in [-0.15, -0.1) is 0 Å². The summed E-state index contributed by atoms with van der Waals surface area (Å²) in [4.78, 5) is 0. The number of hydrogen-bond donors (Lipinski definition) is 1. The fourth-order valence-electron chi connectivity index (χ4n) is 3.71. The number of aliphatic hydroxyl groups is 1. The van der Waals surface area contributed by atoms with Crippen molar-refractivity contribution < 1.29 is 29.1 Å². The van der Waals surface area contributed by atoms with Gasteiger partial charge in [-0.1, -0.05) is 44.2 Å². The van der Waals surface area contributed by atoms with Crippen molar-refractivity contribution >= 4 is 7.26 Å². The van der Waals surface area contributed by atoms with E-state index in [-0.39, 0.29) is 35.5 Å². The van der Waals surface area contributed by atoms with Crippen LogP contribution in [0.5, 0.6) is 0 Å². The van der Waals surface area contributed by atoms with E-state index < -0.39 is 7.26 Å². The molecule has 128 valence electrons. The second-order valence-electron chi connectivity index (χ2n) is 7.00. The van der Waals surface area contributed by atoms with Crippen molar-refractivity contribution in [2.24, 2.45) is 5.41 Å². The van der Waals surface area contributed by atoms with Crippen molar-refractivity contribution in [3.05, 3.63) is 35.9 Å². The van der Waals surface area contributed by atoms with E-state index in [4.69, 9.17) is 0 Å². The van der Waals surface area contributed by atoms with Crippen molar-refractivity contribution in [2.45, 2.75) is 59.7 Å². The topological polar surface area (TPSA) is 20.2 Å². The van der Waals surface area contributed by atoms with E-state index in [1.165, 1.54) is 24.0 Å². The first-order valence-corrected chi connectivity index (χ1v) is 10.8. The van der Waals surface area contributed by atoms with Gasteiger partial charge in [-0.25, -0.2) is 0 Å². The summed E-state index contributed by atoms with van der Waals surface area (Å²) in [6.45, 7) is 13.7. The minimum absolute atomic E-state index is 0. The largest absolute Gasteiger partial charge is 1.00 e. The first-order chi connectivity index (χ1) is 9.83. The maximum Gasteiger partial charge on any atom is 0.0953 e. The number of rotatable bonds is 8. The van der Waals surface area contributed by atoms with Gasteiger partial charge in [-0.05, 0) is 45.1 Å². The van der Waals surface area contributed by atoms with Gasteiger partial charge in [0.25, 0.3) is 0 Å². The van der Waals surface area contributed by atoms with Gasteiger partial charge in [0.05, 0.1) is 30.2 Å². The minimum Gasteiger partial charge on any atom is -1.00 e. The lowest BCUT2D eigenvalue weighted by Gasteiger charge is -2.40. The molecule has 0 saturated carbocycles. The van der Waals surface area contributed by atoms with Gasteiger partial charge in [0.2, 0.25) is 0 Å². The number of hydrogen-bond acceptors (Lipinski definition) is 1. The van der Waals surface area contributed by atoms with Crippen LogP contribution in [-0.4, -0.2) is 35.4 Å². The molecule has 0 unspecified atom stereocenters. The Bertz CT molecular complexity index is 406. The molecule has 0 fully saturated rings. The van der Waals surface area contributed by atoms with Crippen molar-refractivity contribution in [1.82, 2.24) is 0 Å². The monoisotopic (exact) mass is 436 g/mol. The first kappa shape index (κ1) is 22.3. The second-order valence-corrected chi connectivity index (χ2v) is 12.2. The average molecular weight is 436 g/mol. The normalized spacial score (nSPS) is 15.0. The third kappa shape index (κ3) is 5.18. The smallest absolute Gasteiger partial charge is 0.0953 e. The van der Waals surface area contributed by atoms with E-state index >= 15 is 0 Å². The summed E-state index contributed by atoms with van der Waals surface area (Å²) in [6.07, 6.45) is 4.46. The molecule has 0 amide bonds. The fourth-order valence-corrected chi connectivity index (χ4v) is 7.79. The molecule has 0 spiro atoms. The van der Waals surface area contributed by atoms with Crippen LogP contribution in [0.4, 0.5) is 0 Å².